The van der Waals surface area contributed by atoms with Gasteiger partial charge in [0.25, 0.3) is 5.91 Å². The zero-order valence-corrected chi connectivity index (χ0v) is 16.8. The lowest BCUT2D eigenvalue weighted by atomic mass is 9.89. The number of esters is 1. The summed E-state index contributed by atoms with van der Waals surface area (Å²) in [5, 5.41) is 4.97. The van der Waals surface area contributed by atoms with Crippen molar-refractivity contribution in [2.75, 3.05) is 12.4 Å². The van der Waals surface area contributed by atoms with Crippen LogP contribution >= 0.6 is 11.3 Å². The van der Waals surface area contributed by atoms with Gasteiger partial charge in [-0.25, -0.2) is 9.18 Å². The number of halogens is 1. The Balaban J connectivity index is 1.70. The second-order valence-corrected chi connectivity index (χ2v) is 7.88. The van der Waals surface area contributed by atoms with Crippen molar-refractivity contribution in [1.82, 2.24) is 0 Å². The molecule has 0 aliphatic heterocycles. The number of methoxy groups -OCH3 is 1. The summed E-state index contributed by atoms with van der Waals surface area (Å²) in [5.41, 5.74) is 4.82. The first-order valence-electron chi connectivity index (χ1n) is 9.45. The van der Waals surface area contributed by atoms with Crippen LogP contribution in [-0.4, -0.2) is 19.0 Å². The Morgan fingerprint density at radius 1 is 1.07 bits per heavy atom. The molecule has 148 valence electrons. The van der Waals surface area contributed by atoms with E-state index in [9.17, 15) is 14.0 Å². The Morgan fingerprint density at radius 2 is 1.86 bits per heavy atom. The van der Waals surface area contributed by atoms with Gasteiger partial charge in [0.15, 0.2) is 0 Å². The number of carbonyl (C=O) groups excluding carboxylic acids is 2. The van der Waals surface area contributed by atoms with Crippen LogP contribution in [0.25, 0.3) is 11.1 Å². The van der Waals surface area contributed by atoms with Gasteiger partial charge in [0.05, 0.1) is 7.11 Å². The van der Waals surface area contributed by atoms with E-state index in [2.05, 4.69) is 17.4 Å². The predicted octanol–water partition coefficient (Wildman–Crippen LogP) is 5.47. The molecule has 0 spiro atoms. The Morgan fingerprint density at radius 3 is 2.62 bits per heavy atom. The van der Waals surface area contributed by atoms with E-state index in [1.54, 1.807) is 0 Å². The van der Waals surface area contributed by atoms with Crippen molar-refractivity contribution in [1.29, 1.82) is 0 Å². The van der Waals surface area contributed by atoms with Gasteiger partial charge >= 0.3 is 5.97 Å². The molecule has 4 rings (SSSR count). The van der Waals surface area contributed by atoms with Crippen LogP contribution in [0.15, 0.2) is 47.8 Å². The summed E-state index contributed by atoms with van der Waals surface area (Å²) in [6.07, 6.45) is 4.48. The van der Waals surface area contributed by atoms with Crippen molar-refractivity contribution in [3.63, 3.8) is 0 Å². The van der Waals surface area contributed by atoms with Crippen LogP contribution in [0.4, 0.5) is 9.39 Å². The third kappa shape index (κ3) is 3.93. The summed E-state index contributed by atoms with van der Waals surface area (Å²) in [6.45, 7) is 0. The number of hydrogen-bond donors (Lipinski definition) is 1. The number of thiophene rings is 1. The number of anilines is 1. The molecule has 1 amide bonds. The van der Waals surface area contributed by atoms with Crippen molar-refractivity contribution in [2.45, 2.75) is 25.7 Å². The van der Waals surface area contributed by atoms with E-state index in [1.807, 2.05) is 11.4 Å². The number of carbonyl (C=O) groups is 2. The molecule has 4 nitrogen and oxygen atoms in total. The van der Waals surface area contributed by atoms with Crippen LogP contribution in [0.1, 0.15) is 44.7 Å². The number of ether oxygens (including phenoxy) is 1. The predicted molar refractivity (Wildman–Crippen MR) is 112 cm³/mol. The van der Waals surface area contributed by atoms with E-state index in [1.165, 1.54) is 60.6 Å². The fourth-order valence-electron chi connectivity index (χ4n) is 3.67. The molecule has 6 heteroatoms. The number of rotatable bonds is 4. The van der Waals surface area contributed by atoms with Crippen LogP contribution in [0.5, 0.6) is 0 Å². The Kier molecular flexibility index (Phi) is 5.45. The topological polar surface area (TPSA) is 55.4 Å². The number of nitrogens with one attached hydrogen (secondary N) is 1. The highest BCUT2D eigenvalue weighted by Crippen LogP contribution is 2.38. The minimum Gasteiger partial charge on any atom is -0.465 e. The fraction of sp³-hybridized carbons (Fsp3) is 0.217. The zero-order chi connectivity index (χ0) is 20.4. The molecule has 1 N–H and O–H groups in total. The summed E-state index contributed by atoms with van der Waals surface area (Å²) >= 11 is 1.25. The van der Waals surface area contributed by atoms with Crippen LogP contribution in [-0.2, 0) is 17.6 Å². The average molecular weight is 409 g/mol. The minimum absolute atomic E-state index is 0.185. The molecule has 1 heterocycles. The third-order valence-electron chi connectivity index (χ3n) is 5.15. The molecule has 0 saturated heterocycles. The molecule has 1 aliphatic carbocycles. The summed E-state index contributed by atoms with van der Waals surface area (Å²) < 4.78 is 18.4. The second-order valence-electron chi connectivity index (χ2n) is 7.00. The van der Waals surface area contributed by atoms with Gasteiger partial charge in [0.1, 0.15) is 16.4 Å². The first kappa shape index (κ1) is 19.3. The van der Waals surface area contributed by atoms with Gasteiger partial charge in [-0.05, 0) is 60.6 Å². The Labute approximate surface area is 172 Å². The van der Waals surface area contributed by atoms with Crippen molar-refractivity contribution >= 4 is 28.2 Å². The molecular weight excluding hydrogens is 389 g/mol. The van der Waals surface area contributed by atoms with Crippen molar-refractivity contribution in [2.24, 2.45) is 0 Å². The van der Waals surface area contributed by atoms with Gasteiger partial charge in [-0.3, -0.25) is 4.79 Å². The van der Waals surface area contributed by atoms with Gasteiger partial charge in [-0.1, -0.05) is 24.3 Å². The van der Waals surface area contributed by atoms with Gasteiger partial charge in [-0.15, -0.1) is 11.3 Å². The Hall–Kier alpha value is -2.99. The quantitative estimate of drug-likeness (QED) is 0.581. The van der Waals surface area contributed by atoms with E-state index >= 15 is 0 Å². The van der Waals surface area contributed by atoms with Crippen molar-refractivity contribution in [3.8, 4) is 11.1 Å². The molecule has 1 aliphatic rings. The van der Waals surface area contributed by atoms with E-state index < -0.39 is 17.7 Å². The first-order valence-corrected chi connectivity index (χ1v) is 10.3. The fourth-order valence-corrected chi connectivity index (χ4v) is 4.63. The molecule has 2 aromatic carbocycles. The Bertz CT molecular complexity index is 1090. The lowest BCUT2D eigenvalue weighted by molar-refractivity contribution is 0.0603. The maximum atomic E-state index is 13.4. The van der Waals surface area contributed by atoms with Crippen LogP contribution in [0.2, 0.25) is 0 Å². The van der Waals surface area contributed by atoms with Crippen molar-refractivity contribution < 1.29 is 18.7 Å². The monoisotopic (exact) mass is 409 g/mol. The highest BCUT2D eigenvalue weighted by Gasteiger charge is 2.23. The van der Waals surface area contributed by atoms with E-state index in [4.69, 9.17) is 4.74 Å². The molecule has 3 aromatic rings. The van der Waals surface area contributed by atoms with Crippen LogP contribution in [0, 0.1) is 5.82 Å². The molecule has 1 aromatic heterocycles. The number of fused-ring (bicyclic) bond motifs is 1. The lowest BCUT2D eigenvalue weighted by Crippen LogP contribution is -2.14. The molecule has 0 saturated carbocycles. The number of aryl methyl sites for hydroxylation is 2. The summed E-state index contributed by atoms with van der Waals surface area (Å²) in [4.78, 5) is 25.1. The third-order valence-corrected chi connectivity index (χ3v) is 6.05. The van der Waals surface area contributed by atoms with Gasteiger partial charge in [0.2, 0.25) is 0 Å². The number of hydrogen-bond acceptors (Lipinski definition) is 4. The number of amides is 1. The minimum atomic E-state index is -0.520. The van der Waals surface area contributed by atoms with Crippen LogP contribution in [0.3, 0.4) is 0 Å². The summed E-state index contributed by atoms with van der Waals surface area (Å²) in [5.74, 6) is -1.49. The highest BCUT2D eigenvalue weighted by atomic mass is 32.1. The van der Waals surface area contributed by atoms with Crippen LogP contribution < -0.4 is 5.32 Å². The molecular formula is C23H20FNO3S. The zero-order valence-electron chi connectivity index (χ0n) is 16.0. The SMILES string of the molecule is COC(=O)c1c(-c2ccc3c(c2)CCCC3)csc1NC(=O)c1cccc(F)c1. The largest absolute Gasteiger partial charge is 0.465 e. The molecule has 0 radical (unpaired) electrons. The molecule has 29 heavy (non-hydrogen) atoms. The second kappa shape index (κ2) is 8.17. The molecule has 0 bridgehead atoms. The smallest absolute Gasteiger partial charge is 0.341 e. The normalized spacial score (nSPS) is 12.9. The van der Waals surface area contributed by atoms with Gasteiger partial charge in [0, 0.05) is 16.5 Å². The molecule has 0 atom stereocenters. The van der Waals surface area contributed by atoms with Gasteiger partial charge in [-0.2, -0.15) is 0 Å². The van der Waals surface area contributed by atoms with E-state index in [-0.39, 0.29) is 5.56 Å². The maximum absolute atomic E-state index is 13.4. The van der Waals surface area contributed by atoms with E-state index in [0.29, 0.717) is 10.6 Å². The highest BCUT2D eigenvalue weighted by molar-refractivity contribution is 7.15. The van der Waals surface area contributed by atoms with Gasteiger partial charge < -0.3 is 10.1 Å². The first-order chi connectivity index (χ1) is 14.1. The summed E-state index contributed by atoms with van der Waals surface area (Å²) in [6, 6.07) is 11.7. The maximum Gasteiger partial charge on any atom is 0.341 e. The average Bonchev–Trinajstić information content (AvgIpc) is 3.16. The number of benzene rings is 2. The molecule has 0 fully saturated rings. The summed E-state index contributed by atoms with van der Waals surface area (Å²) in [7, 11) is 1.31. The lowest BCUT2D eigenvalue weighted by Gasteiger charge is -2.16. The molecule has 0 unspecified atom stereocenters. The van der Waals surface area contributed by atoms with E-state index in [0.717, 1.165) is 30.0 Å². The standard InChI is InChI=1S/C23H20FNO3S/c1-28-23(27)20-19(16-10-9-14-5-2-3-6-15(14)11-16)13-29-22(20)25-21(26)17-7-4-8-18(24)12-17/h4,7-13H,2-3,5-6H2,1H3,(H,25,26). The van der Waals surface area contributed by atoms with Crippen molar-refractivity contribution in [3.05, 3.63) is 75.9 Å².